The maximum atomic E-state index is 13.0. The minimum atomic E-state index is -0.442. The number of rotatable bonds is 4. The molecule has 8 heteroatoms. The van der Waals surface area contributed by atoms with Crippen LogP contribution in [-0.4, -0.2) is 39.5 Å². The third-order valence-electron chi connectivity index (χ3n) is 4.57. The highest BCUT2D eigenvalue weighted by molar-refractivity contribution is 8.14. The van der Waals surface area contributed by atoms with Crippen molar-refractivity contribution in [2.45, 2.75) is 19.9 Å². The number of carbonyl (C=O) groups is 2. The predicted molar refractivity (Wildman–Crippen MR) is 118 cm³/mol. The molecule has 0 saturated heterocycles. The van der Waals surface area contributed by atoms with Gasteiger partial charge in [0.1, 0.15) is 11.9 Å². The average molecular weight is 427 g/mol. The lowest BCUT2D eigenvalue weighted by Gasteiger charge is -2.25. The first-order valence-corrected chi connectivity index (χ1v) is 10.6. The topological polar surface area (TPSA) is 74.1 Å². The molecule has 29 heavy (non-hydrogen) atoms. The van der Waals surface area contributed by atoms with E-state index in [9.17, 15) is 9.59 Å². The first-order chi connectivity index (χ1) is 13.9. The molecule has 1 atom stereocenters. The van der Waals surface area contributed by atoms with Crippen molar-refractivity contribution in [2.24, 2.45) is 15.9 Å². The molecule has 0 unspecified atom stereocenters. The molecule has 2 heterocycles. The summed E-state index contributed by atoms with van der Waals surface area (Å²) in [5, 5.41) is 3.82. The van der Waals surface area contributed by atoms with Gasteiger partial charge in [0.25, 0.3) is 5.91 Å². The highest BCUT2D eigenvalue weighted by Gasteiger charge is 2.42. The standard InChI is InChI=1S/C21H19ClN4O2S/c1-12(2)18-20(28)26-19(25-18)15-8-3-4-9-16(15)24-21(26)29-11-17(27)23-14-7-5-6-13(22)10-14/h3-10,12,18H,11H2,1-2H3,(H,23,27)/t18-/m0/s1. The number of carbonyl (C=O) groups excluding carboxylic acids is 2. The Bertz CT molecular complexity index is 1050. The summed E-state index contributed by atoms with van der Waals surface area (Å²) in [5.41, 5.74) is 2.20. The fraction of sp³-hybridized carbons (Fsp3) is 0.238. The lowest BCUT2D eigenvalue weighted by Crippen LogP contribution is -2.42. The molecule has 2 aromatic rings. The second-order valence-electron chi connectivity index (χ2n) is 7.07. The van der Waals surface area contributed by atoms with E-state index in [4.69, 9.17) is 11.6 Å². The lowest BCUT2D eigenvalue weighted by molar-refractivity contribution is -0.125. The molecule has 0 fully saturated rings. The van der Waals surface area contributed by atoms with Gasteiger partial charge in [-0.05, 0) is 36.2 Å². The van der Waals surface area contributed by atoms with Gasteiger partial charge in [-0.25, -0.2) is 9.89 Å². The number of hydrogen-bond donors (Lipinski definition) is 1. The zero-order valence-corrected chi connectivity index (χ0v) is 17.5. The van der Waals surface area contributed by atoms with Crippen molar-refractivity contribution in [3.05, 3.63) is 59.1 Å². The number of benzene rings is 2. The first kappa shape index (κ1) is 19.7. The molecule has 0 spiro atoms. The van der Waals surface area contributed by atoms with Gasteiger partial charge in [-0.2, -0.15) is 0 Å². The van der Waals surface area contributed by atoms with Crippen LogP contribution in [-0.2, 0) is 9.59 Å². The summed E-state index contributed by atoms with van der Waals surface area (Å²) in [6.07, 6.45) is 0. The number of fused-ring (bicyclic) bond motifs is 3. The molecule has 148 valence electrons. The molecule has 4 rings (SSSR count). The van der Waals surface area contributed by atoms with Gasteiger partial charge in [-0.1, -0.05) is 55.4 Å². The van der Waals surface area contributed by atoms with Crippen LogP contribution in [0.15, 0.2) is 58.5 Å². The molecule has 2 amide bonds. The van der Waals surface area contributed by atoms with E-state index in [0.29, 0.717) is 21.7 Å². The summed E-state index contributed by atoms with van der Waals surface area (Å²) in [6.45, 7) is 3.94. The molecule has 2 aliphatic rings. The summed E-state index contributed by atoms with van der Waals surface area (Å²) < 4.78 is 0. The van der Waals surface area contributed by atoms with Crippen LogP contribution in [0.1, 0.15) is 19.4 Å². The Morgan fingerprint density at radius 2 is 2.03 bits per heavy atom. The normalized spacial score (nSPS) is 17.6. The molecule has 0 aromatic heterocycles. The lowest BCUT2D eigenvalue weighted by atomic mass is 10.1. The van der Waals surface area contributed by atoms with Crippen molar-refractivity contribution in [1.82, 2.24) is 4.90 Å². The zero-order valence-electron chi connectivity index (χ0n) is 15.9. The average Bonchev–Trinajstić information content (AvgIpc) is 3.04. The Balaban J connectivity index is 1.55. The van der Waals surface area contributed by atoms with E-state index in [1.54, 1.807) is 29.2 Å². The molecule has 1 N–H and O–H groups in total. The number of nitrogens with zero attached hydrogens (tertiary/aromatic N) is 3. The molecule has 0 bridgehead atoms. The van der Waals surface area contributed by atoms with Crippen molar-refractivity contribution in [2.75, 3.05) is 11.1 Å². The summed E-state index contributed by atoms with van der Waals surface area (Å²) in [6, 6.07) is 14.1. The molecule has 0 radical (unpaired) electrons. The van der Waals surface area contributed by atoms with Crippen LogP contribution >= 0.6 is 23.4 Å². The number of amidine groups is 2. The predicted octanol–water partition coefficient (Wildman–Crippen LogP) is 4.33. The van der Waals surface area contributed by atoms with Gasteiger partial charge in [-0.15, -0.1) is 0 Å². The molecule has 6 nitrogen and oxygen atoms in total. The zero-order chi connectivity index (χ0) is 20.5. The largest absolute Gasteiger partial charge is 0.325 e. The van der Waals surface area contributed by atoms with Gasteiger partial charge in [0.15, 0.2) is 5.17 Å². The number of para-hydroxylation sites is 1. The highest BCUT2D eigenvalue weighted by atomic mass is 35.5. The van der Waals surface area contributed by atoms with Crippen LogP contribution in [0.2, 0.25) is 5.02 Å². The Hall–Kier alpha value is -2.64. The summed E-state index contributed by atoms with van der Waals surface area (Å²) in [5.74, 6) is 0.481. The van der Waals surface area contributed by atoms with Crippen LogP contribution < -0.4 is 5.32 Å². The van der Waals surface area contributed by atoms with Crippen LogP contribution in [0.4, 0.5) is 11.4 Å². The number of hydrogen-bond acceptors (Lipinski definition) is 5. The van der Waals surface area contributed by atoms with Gasteiger partial charge in [0.05, 0.1) is 11.4 Å². The third kappa shape index (κ3) is 3.93. The summed E-state index contributed by atoms with van der Waals surface area (Å²) in [4.78, 5) is 36.2. The monoisotopic (exact) mass is 426 g/mol. The van der Waals surface area contributed by atoms with E-state index in [1.165, 1.54) is 11.8 Å². The van der Waals surface area contributed by atoms with Crippen molar-refractivity contribution < 1.29 is 9.59 Å². The number of nitrogens with one attached hydrogen (secondary N) is 1. The van der Waals surface area contributed by atoms with Crippen LogP contribution in [0.3, 0.4) is 0 Å². The van der Waals surface area contributed by atoms with E-state index in [1.807, 2.05) is 38.1 Å². The Kier molecular flexibility index (Phi) is 5.43. The van der Waals surface area contributed by atoms with Crippen molar-refractivity contribution in [1.29, 1.82) is 0 Å². The van der Waals surface area contributed by atoms with E-state index in [-0.39, 0.29) is 23.5 Å². The molecule has 2 aromatic carbocycles. The molecule has 0 saturated carbocycles. The Morgan fingerprint density at radius 3 is 2.79 bits per heavy atom. The second-order valence-corrected chi connectivity index (χ2v) is 8.45. The third-order valence-corrected chi connectivity index (χ3v) is 5.74. The maximum Gasteiger partial charge on any atom is 0.259 e. The van der Waals surface area contributed by atoms with Crippen molar-refractivity contribution in [3.8, 4) is 0 Å². The molecular weight excluding hydrogens is 408 g/mol. The van der Waals surface area contributed by atoms with Crippen LogP contribution in [0, 0.1) is 5.92 Å². The van der Waals surface area contributed by atoms with Crippen molar-refractivity contribution in [3.63, 3.8) is 0 Å². The second kappa shape index (κ2) is 8.00. The van der Waals surface area contributed by atoms with Crippen molar-refractivity contribution >= 4 is 57.6 Å². The van der Waals surface area contributed by atoms with E-state index >= 15 is 0 Å². The van der Waals surface area contributed by atoms with E-state index in [0.717, 1.165) is 11.3 Å². The maximum absolute atomic E-state index is 13.0. The molecular formula is C21H19ClN4O2S. The minimum Gasteiger partial charge on any atom is -0.325 e. The number of aliphatic imine (C=N–C) groups is 2. The van der Waals surface area contributed by atoms with Crippen LogP contribution in [0.5, 0.6) is 0 Å². The van der Waals surface area contributed by atoms with Gasteiger partial charge in [-0.3, -0.25) is 14.6 Å². The Morgan fingerprint density at radius 1 is 1.24 bits per heavy atom. The number of thioether (sulfide) groups is 1. The van der Waals surface area contributed by atoms with Gasteiger partial charge in [0, 0.05) is 16.3 Å². The quantitative estimate of drug-likeness (QED) is 0.790. The van der Waals surface area contributed by atoms with Gasteiger partial charge < -0.3 is 5.32 Å². The summed E-state index contributed by atoms with van der Waals surface area (Å²) in [7, 11) is 0. The van der Waals surface area contributed by atoms with Crippen LogP contribution in [0.25, 0.3) is 0 Å². The van der Waals surface area contributed by atoms with E-state index < -0.39 is 6.04 Å². The van der Waals surface area contributed by atoms with Gasteiger partial charge in [0.2, 0.25) is 5.91 Å². The minimum absolute atomic E-state index is 0.0742. The fourth-order valence-corrected chi connectivity index (χ4v) is 4.19. The molecule has 0 aliphatic carbocycles. The van der Waals surface area contributed by atoms with Gasteiger partial charge >= 0.3 is 0 Å². The Labute approximate surface area is 178 Å². The number of halogens is 1. The van der Waals surface area contributed by atoms with E-state index in [2.05, 4.69) is 15.3 Å². The number of amides is 2. The number of anilines is 1. The fourth-order valence-electron chi connectivity index (χ4n) is 3.19. The SMILES string of the molecule is CC(C)[C@@H]1N=C2c3ccccc3N=C(SCC(=O)Nc3cccc(Cl)c3)N2C1=O. The first-order valence-electron chi connectivity index (χ1n) is 9.22. The molecule has 2 aliphatic heterocycles. The summed E-state index contributed by atoms with van der Waals surface area (Å²) >= 11 is 7.17. The highest BCUT2D eigenvalue weighted by Crippen LogP contribution is 2.34. The smallest absolute Gasteiger partial charge is 0.259 e.